The molecule has 1 amide bonds. The van der Waals surface area contributed by atoms with E-state index >= 15 is 0 Å². The molecular formula is C13H17FN2OS. The Morgan fingerprint density at radius 3 is 2.72 bits per heavy atom. The maximum atomic E-state index is 13.1. The minimum Gasteiger partial charge on any atom is -0.393 e. The lowest BCUT2D eigenvalue weighted by Crippen LogP contribution is -2.38. The van der Waals surface area contributed by atoms with Gasteiger partial charge in [0.1, 0.15) is 5.82 Å². The zero-order valence-electron chi connectivity index (χ0n) is 10.5. The lowest BCUT2D eigenvalue weighted by Gasteiger charge is -2.24. The van der Waals surface area contributed by atoms with Crippen LogP contribution in [-0.2, 0) is 0 Å². The first-order chi connectivity index (χ1) is 8.45. The monoisotopic (exact) mass is 268 g/mol. The number of amides is 1. The number of carbonyl (C=O) groups is 1. The largest absolute Gasteiger partial charge is 0.393 e. The van der Waals surface area contributed by atoms with Crippen molar-refractivity contribution in [2.75, 3.05) is 13.1 Å². The van der Waals surface area contributed by atoms with Crippen molar-refractivity contribution in [1.82, 2.24) is 4.90 Å². The smallest absolute Gasteiger partial charge is 0.253 e. The van der Waals surface area contributed by atoms with Crippen LogP contribution in [0.1, 0.15) is 24.2 Å². The Labute approximate surface area is 112 Å². The van der Waals surface area contributed by atoms with Crippen LogP contribution < -0.4 is 5.73 Å². The van der Waals surface area contributed by atoms with Gasteiger partial charge in [-0.1, -0.05) is 25.2 Å². The third kappa shape index (κ3) is 3.77. The molecule has 0 aliphatic carbocycles. The van der Waals surface area contributed by atoms with Crippen molar-refractivity contribution in [2.24, 2.45) is 11.7 Å². The highest BCUT2D eigenvalue weighted by Gasteiger charge is 2.18. The number of carbonyl (C=O) groups excluding carboxylic acids is 1. The number of halogens is 1. The van der Waals surface area contributed by atoms with Crippen LogP contribution in [0.4, 0.5) is 4.39 Å². The molecule has 5 heteroatoms. The number of nitrogens with two attached hydrogens (primary N) is 1. The van der Waals surface area contributed by atoms with Crippen molar-refractivity contribution in [3.8, 4) is 0 Å². The van der Waals surface area contributed by atoms with Crippen molar-refractivity contribution in [2.45, 2.75) is 13.8 Å². The van der Waals surface area contributed by atoms with Crippen LogP contribution in [0, 0.1) is 11.7 Å². The Morgan fingerprint density at radius 1 is 1.56 bits per heavy atom. The van der Waals surface area contributed by atoms with E-state index < -0.39 is 5.82 Å². The lowest BCUT2D eigenvalue weighted by molar-refractivity contribution is 0.0754. The highest BCUT2D eigenvalue weighted by molar-refractivity contribution is 7.80. The van der Waals surface area contributed by atoms with Gasteiger partial charge >= 0.3 is 0 Å². The van der Waals surface area contributed by atoms with Gasteiger partial charge in [-0.15, -0.1) is 0 Å². The quantitative estimate of drug-likeness (QED) is 0.833. The molecule has 0 aliphatic rings. The molecule has 98 valence electrons. The summed E-state index contributed by atoms with van der Waals surface area (Å²) in [6.07, 6.45) is 0. The van der Waals surface area contributed by atoms with Gasteiger partial charge in [0.05, 0.1) is 4.99 Å². The van der Waals surface area contributed by atoms with Crippen LogP contribution in [0.3, 0.4) is 0 Å². The predicted molar refractivity (Wildman–Crippen MR) is 73.9 cm³/mol. The Hall–Kier alpha value is -1.49. The molecule has 0 aliphatic heterocycles. The van der Waals surface area contributed by atoms with E-state index in [9.17, 15) is 9.18 Å². The van der Waals surface area contributed by atoms with E-state index in [2.05, 4.69) is 0 Å². The topological polar surface area (TPSA) is 46.3 Å². The number of nitrogens with zero attached hydrogens (tertiary/aromatic N) is 1. The highest BCUT2D eigenvalue weighted by atomic mass is 32.1. The fourth-order valence-corrected chi connectivity index (χ4v) is 1.65. The molecule has 3 nitrogen and oxygen atoms in total. The molecule has 0 fully saturated rings. The summed E-state index contributed by atoms with van der Waals surface area (Å²) in [6.45, 7) is 4.71. The summed E-state index contributed by atoms with van der Waals surface area (Å²) in [4.78, 5) is 14.1. The number of thiocarbonyl (C=S) groups is 1. The minimum atomic E-state index is -0.417. The number of benzene rings is 1. The molecule has 0 radical (unpaired) electrons. The molecular weight excluding hydrogens is 251 g/mol. The fourth-order valence-electron chi connectivity index (χ4n) is 1.58. The maximum Gasteiger partial charge on any atom is 0.253 e. The minimum absolute atomic E-state index is 0.0579. The first-order valence-corrected chi connectivity index (χ1v) is 6.20. The van der Waals surface area contributed by atoms with E-state index in [1.807, 2.05) is 13.8 Å². The van der Waals surface area contributed by atoms with Gasteiger partial charge in [0.15, 0.2) is 0 Å². The van der Waals surface area contributed by atoms with E-state index in [4.69, 9.17) is 18.0 Å². The average molecular weight is 268 g/mol. The SMILES string of the molecule is CCN(CC(C)C(N)=S)C(=O)c1cccc(F)c1. The normalized spacial score (nSPS) is 11.9. The predicted octanol–water partition coefficient (Wildman–Crippen LogP) is 2.21. The summed E-state index contributed by atoms with van der Waals surface area (Å²) in [5.74, 6) is -0.683. The van der Waals surface area contributed by atoms with Crippen LogP contribution in [0.2, 0.25) is 0 Å². The van der Waals surface area contributed by atoms with Gasteiger partial charge in [-0.25, -0.2) is 4.39 Å². The molecule has 0 heterocycles. The Kier molecular flexibility index (Phi) is 5.22. The summed E-state index contributed by atoms with van der Waals surface area (Å²) < 4.78 is 13.1. The molecule has 1 atom stereocenters. The number of rotatable bonds is 5. The summed E-state index contributed by atoms with van der Waals surface area (Å²) in [7, 11) is 0. The van der Waals surface area contributed by atoms with Crippen LogP contribution in [0.15, 0.2) is 24.3 Å². The third-order valence-electron chi connectivity index (χ3n) is 2.72. The van der Waals surface area contributed by atoms with Gasteiger partial charge in [0.2, 0.25) is 0 Å². The Bertz CT molecular complexity index is 450. The van der Waals surface area contributed by atoms with E-state index in [-0.39, 0.29) is 11.8 Å². The van der Waals surface area contributed by atoms with Gasteiger partial charge < -0.3 is 10.6 Å². The van der Waals surface area contributed by atoms with Crippen LogP contribution in [0.5, 0.6) is 0 Å². The Morgan fingerprint density at radius 2 is 2.22 bits per heavy atom. The summed E-state index contributed by atoms with van der Waals surface area (Å²) >= 11 is 4.89. The second-order valence-electron chi connectivity index (χ2n) is 4.16. The lowest BCUT2D eigenvalue weighted by atomic mass is 10.1. The number of hydrogen-bond acceptors (Lipinski definition) is 2. The van der Waals surface area contributed by atoms with Gasteiger partial charge in [0, 0.05) is 24.6 Å². The first kappa shape index (κ1) is 14.6. The summed E-state index contributed by atoms with van der Waals surface area (Å²) in [5.41, 5.74) is 5.88. The van der Waals surface area contributed by atoms with Gasteiger partial charge in [-0.2, -0.15) is 0 Å². The third-order valence-corrected chi connectivity index (χ3v) is 3.12. The Balaban J connectivity index is 2.82. The summed E-state index contributed by atoms with van der Waals surface area (Å²) in [5, 5.41) is 0. The molecule has 1 aromatic rings. The fraction of sp³-hybridized carbons (Fsp3) is 0.385. The van der Waals surface area contributed by atoms with Gasteiger partial charge in [-0.3, -0.25) is 4.79 Å². The van der Waals surface area contributed by atoms with Crippen molar-refractivity contribution < 1.29 is 9.18 Å². The van der Waals surface area contributed by atoms with E-state index in [1.165, 1.54) is 18.2 Å². The van der Waals surface area contributed by atoms with E-state index in [0.717, 1.165) is 0 Å². The zero-order chi connectivity index (χ0) is 13.7. The highest BCUT2D eigenvalue weighted by Crippen LogP contribution is 2.09. The van der Waals surface area contributed by atoms with Gasteiger partial charge in [-0.05, 0) is 25.1 Å². The van der Waals surface area contributed by atoms with Crippen LogP contribution in [0.25, 0.3) is 0 Å². The molecule has 0 saturated heterocycles. The second-order valence-corrected chi connectivity index (χ2v) is 4.63. The zero-order valence-corrected chi connectivity index (χ0v) is 11.3. The van der Waals surface area contributed by atoms with Crippen LogP contribution in [-0.4, -0.2) is 28.9 Å². The second kappa shape index (κ2) is 6.44. The first-order valence-electron chi connectivity index (χ1n) is 5.79. The maximum absolute atomic E-state index is 13.1. The standard InChI is InChI=1S/C13H17FN2OS/c1-3-16(8-9(2)12(15)18)13(17)10-5-4-6-11(14)7-10/h4-7,9H,3,8H2,1-2H3,(H2,15,18). The molecule has 0 saturated carbocycles. The molecule has 18 heavy (non-hydrogen) atoms. The molecule has 0 bridgehead atoms. The van der Waals surface area contributed by atoms with E-state index in [0.29, 0.717) is 23.6 Å². The molecule has 1 aromatic carbocycles. The van der Waals surface area contributed by atoms with Crippen molar-refractivity contribution >= 4 is 23.1 Å². The molecule has 0 spiro atoms. The molecule has 2 N–H and O–H groups in total. The van der Waals surface area contributed by atoms with Crippen molar-refractivity contribution in [3.05, 3.63) is 35.6 Å². The average Bonchev–Trinajstić information content (AvgIpc) is 2.34. The van der Waals surface area contributed by atoms with E-state index in [1.54, 1.807) is 11.0 Å². The molecule has 1 unspecified atom stereocenters. The molecule has 0 aromatic heterocycles. The summed E-state index contributed by atoms with van der Waals surface area (Å²) in [6, 6.07) is 5.66. The van der Waals surface area contributed by atoms with Gasteiger partial charge in [0.25, 0.3) is 5.91 Å². The van der Waals surface area contributed by atoms with Crippen molar-refractivity contribution in [3.63, 3.8) is 0 Å². The van der Waals surface area contributed by atoms with Crippen molar-refractivity contribution in [1.29, 1.82) is 0 Å². The molecule has 1 rings (SSSR count). The number of hydrogen-bond donors (Lipinski definition) is 1. The van der Waals surface area contributed by atoms with Crippen LogP contribution >= 0.6 is 12.2 Å².